The molecule has 4 rings (SSSR count). The van der Waals surface area contributed by atoms with E-state index >= 15 is 0 Å². The second-order valence-corrected chi connectivity index (χ2v) is 6.05. The van der Waals surface area contributed by atoms with Crippen LogP contribution in [-0.4, -0.2) is 29.1 Å². The van der Waals surface area contributed by atoms with Crippen LogP contribution in [-0.2, 0) is 0 Å². The highest BCUT2D eigenvalue weighted by Gasteiger charge is 2.00. The highest BCUT2D eigenvalue weighted by Crippen LogP contribution is 2.06. The molecule has 0 saturated heterocycles. The Balaban J connectivity index is 0.000000187. The maximum absolute atomic E-state index is 4.33. The third-order valence-electron chi connectivity index (χ3n) is 3.63. The molecule has 0 atom stereocenters. The lowest BCUT2D eigenvalue weighted by atomic mass is 10.4. The molecular formula is C21H26N6. The smallest absolute Gasteiger partial charge is 0.234 e. The highest BCUT2D eigenvalue weighted by molar-refractivity contribution is 5.25. The molecule has 4 aromatic rings. The van der Waals surface area contributed by atoms with E-state index in [0.29, 0.717) is 0 Å². The van der Waals surface area contributed by atoms with E-state index in [9.17, 15) is 0 Å². The van der Waals surface area contributed by atoms with Crippen molar-refractivity contribution >= 4 is 0 Å². The second kappa shape index (κ2) is 8.89. The molecule has 0 aliphatic rings. The van der Waals surface area contributed by atoms with E-state index in [1.807, 2.05) is 98.0 Å². The Morgan fingerprint density at radius 3 is 1.59 bits per heavy atom. The Morgan fingerprint density at radius 2 is 1.07 bits per heavy atom. The molecule has 0 aliphatic heterocycles. The lowest BCUT2D eigenvalue weighted by molar-refractivity contribution is 0.901. The van der Waals surface area contributed by atoms with Crippen molar-refractivity contribution in [3.05, 3.63) is 84.1 Å². The average molecular weight is 362 g/mol. The fraction of sp³-hybridized carbons (Fsp3) is 0.238. The number of hydrogen-bond acceptors (Lipinski definition) is 4. The topological polar surface area (TPSA) is 61.4 Å². The van der Waals surface area contributed by atoms with Gasteiger partial charge in [-0.15, -0.1) is 0 Å². The van der Waals surface area contributed by atoms with Gasteiger partial charge in [0.15, 0.2) is 0 Å². The third kappa shape index (κ3) is 5.34. The van der Waals surface area contributed by atoms with Gasteiger partial charge in [-0.1, -0.05) is 7.43 Å². The molecule has 0 unspecified atom stereocenters. The van der Waals surface area contributed by atoms with E-state index < -0.39 is 0 Å². The van der Waals surface area contributed by atoms with Gasteiger partial charge in [0.1, 0.15) is 11.6 Å². The maximum atomic E-state index is 4.33. The van der Waals surface area contributed by atoms with Crippen molar-refractivity contribution in [2.24, 2.45) is 0 Å². The molecule has 0 amide bonds. The Bertz CT molecular complexity index is 850. The van der Waals surface area contributed by atoms with Crippen LogP contribution in [0.1, 0.15) is 30.3 Å². The molecule has 0 saturated carbocycles. The lowest BCUT2D eigenvalue weighted by Gasteiger charge is -2.03. The predicted octanol–water partition coefficient (Wildman–Crippen LogP) is 4.40. The van der Waals surface area contributed by atoms with Crippen LogP contribution in [0, 0.1) is 27.7 Å². The summed E-state index contributed by atoms with van der Waals surface area (Å²) in [5.74, 6) is 2.47. The number of aryl methyl sites for hydroxylation is 4. The first-order chi connectivity index (χ1) is 12.5. The van der Waals surface area contributed by atoms with E-state index in [2.05, 4.69) is 19.9 Å². The Labute approximate surface area is 160 Å². The molecule has 0 fully saturated rings. The Hall–Kier alpha value is -3.28. The van der Waals surface area contributed by atoms with Crippen LogP contribution in [0.5, 0.6) is 0 Å². The van der Waals surface area contributed by atoms with Crippen molar-refractivity contribution in [1.82, 2.24) is 29.1 Å². The van der Waals surface area contributed by atoms with E-state index in [4.69, 9.17) is 0 Å². The summed E-state index contributed by atoms with van der Waals surface area (Å²) in [5.41, 5.74) is 2.99. The van der Waals surface area contributed by atoms with Crippen LogP contribution in [0.4, 0.5) is 0 Å². The highest BCUT2D eigenvalue weighted by atomic mass is 15.1. The molecule has 6 nitrogen and oxygen atoms in total. The lowest BCUT2D eigenvalue weighted by Crippen LogP contribution is -2.01. The van der Waals surface area contributed by atoms with Gasteiger partial charge in [0.05, 0.1) is 0 Å². The van der Waals surface area contributed by atoms with Gasteiger partial charge < -0.3 is 4.57 Å². The van der Waals surface area contributed by atoms with Gasteiger partial charge in [-0.25, -0.2) is 19.9 Å². The minimum absolute atomic E-state index is 0. The van der Waals surface area contributed by atoms with E-state index in [0.717, 1.165) is 34.7 Å². The van der Waals surface area contributed by atoms with Crippen LogP contribution in [0.15, 0.2) is 61.2 Å². The van der Waals surface area contributed by atoms with Crippen molar-refractivity contribution in [2.75, 3.05) is 0 Å². The summed E-state index contributed by atoms with van der Waals surface area (Å²) in [6, 6.07) is 11.8. The van der Waals surface area contributed by atoms with Crippen molar-refractivity contribution in [3.8, 4) is 11.8 Å². The van der Waals surface area contributed by atoms with Crippen molar-refractivity contribution in [1.29, 1.82) is 0 Å². The molecular weight excluding hydrogens is 336 g/mol. The predicted molar refractivity (Wildman–Crippen MR) is 108 cm³/mol. The molecule has 0 bridgehead atoms. The third-order valence-corrected chi connectivity index (χ3v) is 3.63. The van der Waals surface area contributed by atoms with Crippen LogP contribution in [0.3, 0.4) is 0 Å². The first kappa shape index (κ1) is 20.0. The quantitative estimate of drug-likeness (QED) is 0.530. The molecule has 140 valence electrons. The molecule has 0 radical (unpaired) electrons. The summed E-state index contributed by atoms with van der Waals surface area (Å²) in [5, 5.41) is 0. The summed E-state index contributed by atoms with van der Waals surface area (Å²) in [6.07, 6.45) is 7.82. The summed E-state index contributed by atoms with van der Waals surface area (Å²) in [6.45, 7) is 7.82. The second-order valence-electron chi connectivity index (χ2n) is 6.05. The zero-order valence-corrected chi connectivity index (χ0v) is 15.5. The van der Waals surface area contributed by atoms with Crippen molar-refractivity contribution in [3.63, 3.8) is 0 Å². The number of aromatic nitrogens is 6. The van der Waals surface area contributed by atoms with Crippen molar-refractivity contribution < 1.29 is 0 Å². The summed E-state index contributed by atoms with van der Waals surface area (Å²) in [4.78, 5) is 17.2. The zero-order valence-electron chi connectivity index (χ0n) is 15.5. The zero-order chi connectivity index (χ0) is 18.5. The molecule has 0 N–H and O–H groups in total. The van der Waals surface area contributed by atoms with Gasteiger partial charge in [0.25, 0.3) is 0 Å². The molecule has 0 spiro atoms. The van der Waals surface area contributed by atoms with E-state index in [-0.39, 0.29) is 7.43 Å². The number of rotatable bonds is 2. The Kier molecular flexibility index (Phi) is 6.60. The summed E-state index contributed by atoms with van der Waals surface area (Å²) >= 11 is 0. The molecule has 0 aromatic carbocycles. The number of hydrogen-bond donors (Lipinski definition) is 0. The largest absolute Gasteiger partial charge is 0.309 e. The van der Waals surface area contributed by atoms with E-state index in [1.165, 1.54) is 0 Å². The minimum atomic E-state index is 0. The monoisotopic (exact) mass is 362 g/mol. The van der Waals surface area contributed by atoms with Crippen LogP contribution in [0.25, 0.3) is 11.8 Å². The normalized spacial score (nSPS) is 9.93. The molecule has 27 heavy (non-hydrogen) atoms. The fourth-order valence-electron chi connectivity index (χ4n) is 2.61. The Morgan fingerprint density at radius 1 is 0.593 bits per heavy atom. The fourth-order valence-corrected chi connectivity index (χ4v) is 2.61. The maximum Gasteiger partial charge on any atom is 0.234 e. The van der Waals surface area contributed by atoms with Crippen molar-refractivity contribution in [2.45, 2.75) is 35.1 Å². The van der Waals surface area contributed by atoms with Gasteiger partial charge in [0.2, 0.25) is 5.95 Å². The number of nitrogens with zero attached hydrogens (tertiary/aromatic N) is 6. The molecule has 0 aliphatic carbocycles. The SMILES string of the molecule is C.Cc1cc(-n2cccc2)nc(C)n1.Cc1cc(C)nc(-n2cccc2)n1. The molecule has 4 aromatic heterocycles. The molecule has 6 heteroatoms. The van der Waals surface area contributed by atoms with Gasteiger partial charge in [-0.3, -0.25) is 4.57 Å². The summed E-state index contributed by atoms with van der Waals surface area (Å²) in [7, 11) is 0. The molecule has 4 heterocycles. The first-order valence-electron chi connectivity index (χ1n) is 8.42. The van der Waals surface area contributed by atoms with Gasteiger partial charge in [-0.05, 0) is 58.0 Å². The standard InChI is InChI=1S/2C10H11N3.CH4/c1-8-7-10(12-9(2)11-8)13-5-3-4-6-13;1-8-7-9(2)12-10(11-8)13-5-3-4-6-13;/h2*3-7H,1-2H3;1H4. The van der Waals surface area contributed by atoms with Gasteiger partial charge in [-0.2, -0.15) is 0 Å². The first-order valence-corrected chi connectivity index (χ1v) is 8.42. The summed E-state index contributed by atoms with van der Waals surface area (Å²) < 4.78 is 3.88. The van der Waals surface area contributed by atoms with Crippen LogP contribution < -0.4 is 0 Å². The minimum Gasteiger partial charge on any atom is -0.309 e. The van der Waals surface area contributed by atoms with Crippen LogP contribution >= 0.6 is 0 Å². The van der Waals surface area contributed by atoms with Crippen LogP contribution in [0.2, 0.25) is 0 Å². The van der Waals surface area contributed by atoms with Gasteiger partial charge in [0, 0.05) is 47.9 Å². The van der Waals surface area contributed by atoms with Gasteiger partial charge >= 0.3 is 0 Å². The average Bonchev–Trinajstić information content (AvgIpc) is 3.28. The van der Waals surface area contributed by atoms with E-state index in [1.54, 1.807) is 0 Å².